The topological polar surface area (TPSA) is 45.0 Å². The second kappa shape index (κ2) is 9.39. The molecule has 0 saturated carbocycles. The summed E-state index contributed by atoms with van der Waals surface area (Å²) >= 11 is 0. The standard InChI is InChI=1S/C17H26N2O/c1-4-5-6-7-8-14(2)19-13-15-9-10-16(12-18)17(11-15)20-3/h9-11,14,19H,4-8,13H2,1-3H3. The number of rotatable bonds is 9. The fourth-order valence-corrected chi connectivity index (χ4v) is 2.21. The summed E-state index contributed by atoms with van der Waals surface area (Å²) in [6, 6.07) is 8.40. The quantitative estimate of drug-likeness (QED) is 0.692. The average Bonchev–Trinajstić information content (AvgIpc) is 2.49. The fraction of sp³-hybridized carbons (Fsp3) is 0.588. The first kappa shape index (κ1) is 16.5. The fourth-order valence-electron chi connectivity index (χ4n) is 2.21. The zero-order valence-electron chi connectivity index (χ0n) is 12.9. The van der Waals surface area contributed by atoms with E-state index in [2.05, 4.69) is 25.2 Å². The minimum Gasteiger partial charge on any atom is -0.495 e. The molecule has 0 bridgehead atoms. The van der Waals surface area contributed by atoms with Gasteiger partial charge in [0.15, 0.2) is 0 Å². The van der Waals surface area contributed by atoms with Crippen LogP contribution in [0.2, 0.25) is 0 Å². The monoisotopic (exact) mass is 274 g/mol. The molecule has 0 aliphatic heterocycles. The summed E-state index contributed by atoms with van der Waals surface area (Å²) in [6.07, 6.45) is 6.45. The molecule has 20 heavy (non-hydrogen) atoms. The molecule has 3 nitrogen and oxygen atoms in total. The van der Waals surface area contributed by atoms with Gasteiger partial charge in [0.1, 0.15) is 11.8 Å². The van der Waals surface area contributed by atoms with E-state index in [-0.39, 0.29) is 0 Å². The molecule has 0 amide bonds. The minimum absolute atomic E-state index is 0.522. The highest BCUT2D eigenvalue weighted by Gasteiger charge is 2.05. The van der Waals surface area contributed by atoms with E-state index in [0.29, 0.717) is 17.4 Å². The molecule has 1 rings (SSSR count). The van der Waals surface area contributed by atoms with Gasteiger partial charge in [-0.1, -0.05) is 38.7 Å². The van der Waals surface area contributed by atoms with Crippen LogP contribution in [0.15, 0.2) is 18.2 Å². The number of hydrogen-bond donors (Lipinski definition) is 1. The molecule has 1 atom stereocenters. The van der Waals surface area contributed by atoms with Gasteiger partial charge in [-0.25, -0.2) is 0 Å². The van der Waals surface area contributed by atoms with E-state index in [0.717, 1.165) is 12.1 Å². The number of hydrogen-bond acceptors (Lipinski definition) is 3. The highest BCUT2D eigenvalue weighted by atomic mass is 16.5. The number of methoxy groups -OCH3 is 1. The third-order valence-corrected chi connectivity index (χ3v) is 3.53. The lowest BCUT2D eigenvalue weighted by Crippen LogP contribution is -2.25. The lowest BCUT2D eigenvalue weighted by atomic mass is 10.1. The molecule has 1 aromatic rings. The van der Waals surface area contributed by atoms with Crippen molar-refractivity contribution >= 4 is 0 Å². The first-order chi connectivity index (χ1) is 9.71. The first-order valence-electron chi connectivity index (χ1n) is 7.51. The van der Waals surface area contributed by atoms with Crippen molar-refractivity contribution in [2.24, 2.45) is 0 Å². The lowest BCUT2D eigenvalue weighted by Gasteiger charge is -2.14. The van der Waals surface area contributed by atoms with E-state index >= 15 is 0 Å². The van der Waals surface area contributed by atoms with Crippen molar-refractivity contribution in [3.63, 3.8) is 0 Å². The Morgan fingerprint density at radius 3 is 2.75 bits per heavy atom. The van der Waals surface area contributed by atoms with Crippen LogP contribution in [-0.4, -0.2) is 13.2 Å². The molecule has 0 aromatic heterocycles. The molecule has 1 aromatic carbocycles. The van der Waals surface area contributed by atoms with Gasteiger partial charge < -0.3 is 10.1 Å². The summed E-state index contributed by atoms with van der Waals surface area (Å²) in [7, 11) is 1.60. The molecule has 0 heterocycles. The van der Waals surface area contributed by atoms with Crippen LogP contribution in [0.4, 0.5) is 0 Å². The van der Waals surface area contributed by atoms with Crippen molar-refractivity contribution < 1.29 is 4.74 Å². The van der Waals surface area contributed by atoms with Crippen LogP contribution in [0, 0.1) is 11.3 Å². The number of benzene rings is 1. The molecule has 0 spiro atoms. The van der Waals surface area contributed by atoms with Gasteiger partial charge in [0.2, 0.25) is 0 Å². The predicted molar refractivity (Wildman–Crippen MR) is 82.8 cm³/mol. The van der Waals surface area contributed by atoms with Gasteiger partial charge in [0.25, 0.3) is 0 Å². The van der Waals surface area contributed by atoms with Crippen molar-refractivity contribution in [3.8, 4) is 11.8 Å². The van der Waals surface area contributed by atoms with Gasteiger partial charge >= 0.3 is 0 Å². The summed E-state index contributed by atoms with van der Waals surface area (Å²) in [5, 5.41) is 12.5. The molecule has 110 valence electrons. The highest BCUT2D eigenvalue weighted by Crippen LogP contribution is 2.19. The molecular formula is C17H26N2O. The van der Waals surface area contributed by atoms with E-state index in [4.69, 9.17) is 10.00 Å². The van der Waals surface area contributed by atoms with Crippen LogP contribution in [0.3, 0.4) is 0 Å². The zero-order valence-corrected chi connectivity index (χ0v) is 12.9. The van der Waals surface area contributed by atoms with Crippen molar-refractivity contribution in [2.45, 2.75) is 58.5 Å². The van der Waals surface area contributed by atoms with Crippen LogP contribution in [0.1, 0.15) is 57.1 Å². The highest BCUT2D eigenvalue weighted by molar-refractivity contribution is 5.45. The van der Waals surface area contributed by atoms with E-state index < -0.39 is 0 Å². The van der Waals surface area contributed by atoms with Gasteiger partial charge in [0.05, 0.1) is 12.7 Å². The van der Waals surface area contributed by atoms with Crippen molar-refractivity contribution in [2.75, 3.05) is 7.11 Å². The summed E-state index contributed by atoms with van der Waals surface area (Å²) in [4.78, 5) is 0. The number of unbranched alkanes of at least 4 members (excludes halogenated alkanes) is 3. The molecule has 0 aliphatic carbocycles. The molecule has 0 aliphatic rings. The van der Waals surface area contributed by atoms with E-state index in [1.165, 1.54) is 32.1 Å². The van der Waals surface area contributed by atoms with Gasteiger partial charge in [-0.3, -0.25) is 0 Å². The number of nitrogens with zero attached hydrogens (tertiary/aromatic N) is 1. The van der Waals surface area contributed by atoms with Crippen LogP contribution < -0.4 is 10.1 Å². The summed E-state index contributed by atoms with van der Waals surface area (Å²) in [6.45, 7) is 5.28. The average molecular weight is 274 g/mol. The number of nitriles is 1. The molecule has 0 fully saturated rings. The van der Waals surface area contributed by atoms with E-state index in [9.17, 15) is 0 Å². The van der Waals surface area contributed by atoms with Crippen molar-refractivity contribution in [1.29, 1.82) is 5.26 Å². The lowest BCUT2D eigenvalue weighted by molar-refractivity contribution is 0.412. The Labute approximate surface area is 123 Å². The van der Waals surface area contributed by atoms with Crippen molar-refractivity contribution in [1.82, 2.24) is 5.32 Å². The molecule has 3 heteroatoms. The smallest absolute Gasteiger partial charge is 0.136 e. The Hall–Kier alpha value is -1.53. The largest absolute Gasteiger partial charge is 0.495 e. The van der Waals surface area contributed by atoms with Gasteiger partial charge in [-0.05, 0) is 31.0 Å². The minimum atomic E-state index is 0.522. The number of ether oxygens (including phenoxy) is 1. The van der Waals surface area contributed by atoms with E-state index in [1.807, 2.05) is 18.2 Å². The third kappa shape index (κ3) is 5.63. The summed E-state index contributed by atoms with van der Waals surface area (Å²) in [5.74, 6) is 0.655. The Morgan fingerprint density at radius 2 is 2.10 bits per heavy atom. The van der Waals surface area contributed by atoms with Gasteiger partial charge in [-0.2, -0.15) is 5.26 Å². The van der Waals surface area contributed by atoms with Crippen LogP contribution in [0.25, 0.3) is 0 Å². The van der Waals surface area contributed by atoms with Crippen LogP contribution in [0.5, 0.6) is 5.75 Å². The summed E-state index contributed by atoms with van der Waals surface area (Å²) in [5.41, 5.74) is 1.74. The molecule has 1 unspecified atom stereocenters. The molecule has 1 N–H and O–H groups in total. The second-order valence-electron chi connectivity index (χ2n) is 5.28. The van der Waals surface area contributed by atoms with E-state index in [1.54, 1.807) is 7.11 Å². The maximum atomic E-state index is 8.95. The number of nitrogens with one attached hydrogen (secondary N) is 1. The maximum absolute atomic E-state index is 8.95. The normalized spacial score (nSPS) is 11.9. The third-order valence-electron chi connectivity index (χ3n) is 3.53. The van der Waals surface area contributed by atoms with Crippen molar-refractivity contribution in [3.05, 3.63) is 29.3 Å². The predicted octanol–water partition coefficient (Wildman–Crippen LogP) is 4.02. The summed E-state index contributed by atoms with van der Waals surface area (Å²) < 4.78 is 5.23. The second-order valence-corrected chi connectivity index (χ2v) is 5.28. The maximum Gasteiger partial charge on any atom is 0.136 e. The Balaban J connectivity index is 2.39. The van der Waals surface area contributed by atoms with Crippen LogP contribution in [-0.2, 0) is 6.54 Å². The molecule has 0 saturated heterocycles. The Morgan fingerprint density at radius 1 is 1.30 bits per heavy atom. The molecular weight excluding hydrogens is 248 g/mol. The van der Waals surface area contributed by atoms with Gasteiger partial charge in [-0.15, -0.1) is 0 Å². The SMILES string of the molecule is CCCCCCC(C)NCc1ccc(C#N)c(OC)c1. The Kier molecular flexibility index (Phi) is 7.75. The Bertz CT molecular complexity index is 437. The first-order valence-corrected chi connectivity index (χ1v) is 7.51. The van der Waals surface area contributed by atoms with Gasteiger partial charge in [0, 0.05) is 12.6 Å². The zero-order chi connectivity index (χ0) is 14.8. The van der Waals surface area contributed by atoms with Crippen LogP contribution >= 0.6 is 0 Å². The molecule has 0 radical (unpaired) electrons.